The molecule has 1 aliphatic rings. The summed E-state index contributed by atoms with van der Waals surface area (Å²) >= 11 is 4.74. The molecular weight excluding hydrogens is 215 g/mol. The highest BCUT2D eigenvalue weighted by Crippen LogP contribution is 2.11. The van der Waals surface area contributed by atoms with E-state index in [-0.39, 0.29) is 22.5 Å². The SMILES string of the molecule is O=C1NC(=S)N/C1=C/c1ccccc1F. The van der Waals surface area contributed by atoms with E-state index in [1.165, 1.54) is 12.1 Å². The minimum Gasteiger partial charge on any atom is -0.328 e. The van der Waals surface area contributed by atoms with Gasteiger partial charge in [0.05, 0.1) is 0 Å². The summed E-state index contributed by atoms with van der Waals surface area (Å²) in [7, 11) is 0. The van der Waals surface area contributed by atoms with Gasteiger partial charge in [0.25, 0.3) is 5.91 Å². The summed E-state index contributed by atoms with van der Waals surface area (Å²) in [6.07, 6.45) is 1.42. The minimum absolute atomic E-state index is 0.239. The van der Waals surface area contributed by atoms with E-state index in [4.69, 9.17) is 12.2 Å². The summed E-state index contributed by atoms with van der Waals surface area (Å²) in [4.78, 5) is 11.2. The standard InChI is InChI=1S/C10H7FN2OS/c11-7-4-2-1-3-6(7)5-8-9(14)13-10(15)12-8/h1-5H,(H2,12,13,14,15)/b8-5+. The second-order valence-corrected chi connectivity index (χ2v) is 3.40. The van der Waals surface area contributed by atoms with Crippen LogP contribution >= 0.6 is 12.2 Å². The van der Waals surface area contributed by atoms with Crippen molar-refractivity contribution in [3.63, 3.8) is 0 Å². The van der Waals surface area contributed by atoms with E-state index in [0.29, 0.717) is 5.56 Å². The topological polar surface area (TPSA) is 41.1 Å². The van der Waals surface area contributed by atoms with Crippen LogP contribution in [0.25, 0.3) is 6.08 Å². The predicted molar refractivity (Wildman–Crippen MR) is 58.3 cm³/mol. The van der Waals surface area contributed by atoms with E-state index in [1.54, 1.807) is 18.2 Å². The van der Waals surface area contributed by atoms with Gasteiger partial charge in [-0.25, -0.2) is 4.39 Å². The van der Waals surface area contributed by atoms with Gasteiger partial charge >= 0.3 is 0 Å². The van der Waals surface area contributed by atoms with Crippen LogP contribution in [0.1, 0.15) is 5.56 Å². The lowest BCUT2D eigenvalue weighted by molar-refractivity contribution is -0.115. The van der Waals surface area contributed by atoms with Crippen LogP contribution in [-0.2, 0) is 4.79 Å². The van der Waals surface area contributed by atoms with E-state index in [9.17, 15) is 9.18 Å². The summed E-state index contributed by atoms with van der Waals surface area (Å²) in [5, 5.41) is 5.28. The van der Waals surface area contributed by atoms with E-state index in [2.05, 4.69) is 10.6 Å². The van der Waals surface area contributed by atoms with Crippen molar-refractivity contribution in [1.29, 1.82) is 0 Å². The Labute approximate surface area is 91.0 Å². The molecule has 1 aliphatic heterocycles. The first-order valence-corrected chi connectivity index (χ1v) is 4.66. The van der Waals surface area contributed by atoms with Crippen LogP contribution in [0, 0.1) is 5.82 Å². The van der Waals surface area contributed by atoms with Gasteiger partial charge in [0.2, 0.25) is 0 Å². The van der Waals surface area contributed by atoms with Gasteiger partial charge in [-0.05, 0) is 24.4 Å². The molecule has 0 bridgehead atoms. The molecular formula is C10H7FN2OS. The smallest absolute Gasteiger partial charge is 0.273 e. The molecule has 0 saturated carbocycles. The average molecular weight is 222 g/mol. The molecule has 1 amide bonds. The number of carbonyl (C=O) groups excluding carboxylic acids is 1. The van der Waals surface area contributed by atoms with Crippen LogP contribution in [0.4, 0.5) is 4.39 Å². The quantitative estimate of drug-likeness (QED) is 0.553. The number of carbonyl (C=O) groups is 1. The van der Waals surface area contributed by atoms with Crippen LogP contribution in [-0.4, -0.2) is 11.0 Å². The van der Waals surface area contributed by atoms with Crippen LogP contribution in [0.3, 0.4) is 0 Å². The van der Waals surface area contributed by atoms with Crippen LogP contribution in [0.15, 0.2) is 30.0 Å². The number of benzene rings is 1. The van der Waals surface area contributed by atoms with Gasteiger partial charge in [-0.3, -0.25) is 10.1 Å². The van der Waals surface area contributed by atoms with Crippen LogP contribution in [0.2, 0.25) is 0 Å². The molecule has 1 aromatic rings. The van der Waals surface area contributed by atoms with E-state index < -0.39 is 0 Å². The van der Waals surface area contributed by atoms with Crippen molar-refractivity contribution < 1.29 is 9.18 Å². The summed E-state index contributed by atoms with van der Waals surface area (Å²) in [5.74, 6) is -0.722. The molecule has 0 aliphatic carbocycles. The number of rotatable bonds is 1. The largest absolute Gasteiger partial charge is 0.328 e. The van der Waals surface area contributed by atoms with Crippen molar-refractivity contribution in [3.05, 3.63) is 41.3 Å². The fraction of sp³-hybridized carbons (Fsp3) is 0. The first-order chi connectivity index (χ1) is 7.16. The molecule has 1 saturated heterocycles. The van der Waals surface area contributed by atoms with Gasteiger partial charge in [0, 0.05) is 5.56 Å². The maximum absolute atomic E-state index is 13.2. The summed E-state index contributed by atoms with van der Waals surface area (Å²) < 4.78 is 13.2. The van der Waals surface area contributed by atoms with E-state index in [0.717, 1.165) is 0 Å². The highest BCUT2D eigenvalue weighted by molar-refractivity contribution is 7.80. The highest BCUT2D eigenvalue weighted by atomic mass is 32.1. The summed E-state index contributed by atoms with van der Waals surface area (Å²) in [6.45, 7) is 0. The molecule has 1 fully saturated rings. The molecule has 5 heteroatoms. The monoisotopic (exact) mass is 222 g/mol. The van der Waals surface area contributed by atoms with Crippen molar-refractivity contribution in [1.82, 2.24) is 10.6 Å². The van der Waals surface area contributed by atoms with Crippen LogP contribution in [0.5, 0.6) is 0 Å². The number of amides is 1. The summed E-state index contributed by atoms with van der Waals surface area (Å²) in [6, 6.07) is 6.20. The Kier molecular flexibility index (Phi) is 2.47. The Morgan fingerprint density at radius 1 is 1.27 bits per heavy atom. The predicted octanol–water partition coefficient (Wildman–Crippen LogP) is 1.17. The third-order valence-corrected chi connectivity index (χ3v) is 2.13. The number of nitrogens with one attached hydrogen (secondary N) is 2. The van der Waals surface area contributed by atoms with E-state index >= 15 is 0 Å². The van der Waals surface area contributed by atoms with Gasteiger partial charge < -0.3 is 5.32 Å². The Morgan fingerprint density at radius 3 is 2.60 bits per heavy atom. The number of hydrogen-bond donors (Lipinski definition) is 2. The molecule has 2 N–H and O–H groups in total. The summed E-state index contributed by atoms with van der Waals surface area (Å²) in [5.41, 5.74) is 0.602. The number of thiocarbonyl (C=S) groups is 1. The molecule has 1 heterocycles. The number of hydrogen-bond acceptors (Lipinski definition) is 2. The fourth-order valence-corrected chi connectivity index (χ4v) is 1.43. The molecule has 0 unspecified atom stereocenters. The molecule has 0 aromatic heterocycles. The molecule has 0 radical (unpaired) electrons. The van der Waals surface area contributed by atoms with Gasteiger partial charge in [-0.1, -0.05) is 18.2 Å². The molecule has 2 rings (SSSR count). The molecule has 0 spiro atoms. The van der Waals surface area contributed by atoms with Gasteiger partial charge in [0.1, 0.15) is 11.5 Å². The Bertz CT molecular complexity index is 470. The zero-order valence-electron chi connectivity index (χ0n) is 7.58. The minimum atomic E-state index is -0.377. The van der Waals surface area contributed by atoms with Crippen molar-refractivity contribution in [2.24, 2.45) is 0 Å². The lowest BCUT2D eigenvalue weighted by Gasteiger charge is -1.97. The fourth-order valence-electron chi connectivity index (χ4n) is 1.23. The van der Waals surface area contributed by atoms with E-state index in [1.807, 2.05) is 0 Å². The van der Waals surface area contributed by atoms with Crippen LogP contribution < -0.4 is 10.6 Å². The molecule has 15 heavy (non-hydrogen) atoms. The van der Waals surface area contributed by atoms with Crippen molar-refractivity contribution >= 4 is 29.3 Å². The second-order valence-electron chi connectivity index (χ2n) is 2.99. The third-order valence-electron chi connectivity index (χ3n) is 1.92. The van der Waals surface area contributed by atoms with Gasteiger partial charge in [0.15, 0.2) is 5.11 Å². The first-order valence-electron chi connectivity index (χ1n) is 4.25. The molecule has 1 aromatic carbocycles. The Hall–Kier alpha value is -1.75. The zero-order valence-corrected chi connectivity index (χ0v) is 8.40. The normalized spacial score (nSPS) is 17.8. The number of halogens is 1. The average Bonchev–Trinajstić information content (AvgIpc) is 2.49. The van der Waals surface area contributed by atoms with Crippen molar-refractivity contribution in [3.8, 4) is 0 Å². The third kappa shape index (κ3) is 2.02. The lowest BCUT2D eigenvalue weighted by atomic mass is 10.2. The van der Waals surface area contributed by atoms with Gasteiger partial charge in [-0.2, -0.15) is 0 Å². The maximum atomic E-state index is 13.2. The maximum Gasteiger partial charge on any atom is 0.273 e. The molecule has 0 atom stereocenters. The lowest BCUT2D eigenvalue weighted by Crippen LogP contribution is -2.21. The first kappa shape index (κ1) is 9.79. The Morgan fingerprint density at radius 2 is 2.00 bits per heavy atom. The molecule has 76 valence electrons. The zero-order chi connectivity index (χ0) is 10.8. The molecule has 3 nitrogen and oxygen atoms in total. The van der Waals surface area contributed by atoms with Crippen molar-refractivity contribution in [2.75, 3.05) is 0 Å². The van der Waals surface area contributed by atoms with Gasteiger partial charge in [-0.15, -0.1) is 0 Å². The Balaban J connectivity index is 2.35. The van der Waals surface area contributed by atoms with Crippen molar-refractivity contribution in [2.45, 2.75) is 0 Å². The second kappa shape index (κ2) is 3.78. The highest BCUT2D eigenvalue weighted by Gasteiger charge is 2.20.